The van der Waals surface area contributed by atoms with E-state index in [0.29, 0.717) is 10.6 Å². The Kier molecular flexibility index (Phi) is 5.04. The summed E-state index contributed by atoms with van der Waals surface area (Å²) in [5.74, 6) is 0. The van der Waals surface area contributed by atoms with Crippen LogP contribution in [0, 0.1) is 0 Å². The van der Waals surface area contributed by atoms with Crippen molar-refractivity contribution < 1.29 is 13.0 Å². The average molecular weight is 371 g/mol. The second kappa shape index (κ2) is 7.23. The van der Waals surface area contributed by atoms with E-state index in [2.05, 4.69) is 0 Å². The fourth-order valence-electron chi connectivity index (χ4n) is 2.52. The topological polar surface area (TPSA) is 54.4 Å². The Bertz CT molecular complexity index is 1030. The van der Waals surface area contributed by atoms with Crippen molar-refractivity contribution in [3.63, 3.8) is 0 Å². The molecule has 25 heavy (non-hydrogen) atoms. The van der Waals surface area contributed by atoms with E-state index in [9.17, 15) is 8.42 Å². The van der Waals surface area contributed by atoms with Crippen LogP contribution in [-0.4, -0.2) is 13.0 Å². The molecule has 3 nitrogen and oxygen atoms in total. The summed E-state index contributed by atoms with van der Waals surface area (Å²) in [4.78, 5) is -0.135. The Hall–Kier alpha value is -2.40. The van der Waals surface area contributed by atoms with E-state index in [1.165, 1.54) is 12.1 Å². The monoisotopic (exact) mass is 370 g/mol. The van der Waals surface area contributed by atoms with Gasteiger partial charge in [-0.15, -0.1) is 0 Å². The highest BCUT2D eigenvalue weighted by Crippen LogP contribution is 2.28. The minimum atomic E-state index is -4.22. The van der Waals surface area contributed by atoms with Crippen molar-refractivity contribution in [2.24, 2.45) is 0 Å². The lowest BCUT2D eigenvalue weighted by molar-refractivity contribution is 0.483. The van der Waals surface area contributed by atoms with Gasteiger partial charge in [-0.2, -0.15) is 8.42 Å². The zero-order chi connectivity index (χ0) is 17.9. The van der Waals surface area contributed by atoms with Crippen LogP contribution in [0.2, 0.25) is 5.02 Å². The molecule has 1 N–H and O–H groups in total. The van der Waals surface area contributed by atoms with E-state index >= 15 is 0 Å². The molecule has 0 bridgehead atoms. The lowest BCUT2D eigenvalue weighted by Gasteiger charge is -2.07. The molecular weight excluding hydrogens is 356 g/mol. The van der Waals surface area contributed by atoms with Crippen LogP contribution >= 0.6 is 11.6 Å². The second-order valence-electron chi connectivity index (χ2n) is 5.48. The van der Waals surface area contributed by atoms with E-state index in [-0.39, 0.29) is 4.90 Å². The van der Waals surface area contributed by atoms with Crippen molar-refractivity contribution in [3.05, 3.63) is 88.9 Å². The van der Waals surface area contributed by atoms with Gasteiger partial charge >= 0.3 is 0 Å². The molecule has 0 aliphatic rings. The Morgan fingerprint density at radius 1 is 0.840 bits per heavy atom. The van der Waals surface area contributed by atoms with Crippen LogP contribution in [0.4, 0.5) is 0 Å². The van der Waals surface area contributed by atoms with E-state index < -0.39 is 10.1 Å². The highest BCUT2D eigenvalue weighted by atomic mass is 35.5. The van der Waals surface area contributed by atoms with E-state index in [1.54, 1.807) is 18.2 Å². The van der Waals surface area contributed by atoms with Crippen molar-refractivity contribution in [2.45, 2.75) is 4.90 Å². The first-order valence-electron chi connectivity index (χ1n) is 7.54. The molecule has 3 rings (SSSR count). The van der Waals surface area contributed by atoms with Crippen LogP contribution in [0.15, 0.2) is 77.7 Å². The van der Waals surface area contributed by atoms with E-state index in [0.717, 1.165) is 16.7 Å². The van der Waals surface area contributed by atoms with Gasteiger partial charge in [0.2, 0.25) is 0 Å². The maximum atomic E-state index is 11.3. The van der Waals surface area contributed by atoms with Crippen LogP contribution in [0.25, 0.3) is 23.3 Å². The number of halogens is 1. The van der Waals surface area contributed by atoms with Crippen molar-refractivity contribution in [2.75, 3.05) is 0 Å². The first kappa shape index (κ1) is 17.4. The largest absolute Gasteiger partial charge is 0.294 e. The molecule has 126 valence electrons. The van der Waals surface area contributed by atoms with E-state index in [4.69, 9.17) is 16.2 Å². The molecule has 0 aliphatic carbocycles. The first-order valence-corrected chi connectivity index (χ1v) is 9.36. The van der Waals surface area contributed by atoms with Crippen molar-refractivity contribution >= 4 is 33.9 Å². The van der Waals surface area contributed by atoms with Crippen LogP contribution in [0.1, 0.15) is 11.1 Å². The zero-order valence-electron chi connectivity index (χ0n) is 13.1. The standard InChI is InChI=1S/C20H15ClO3S/c21-18-11-12-20(16-6-2-1-3-7-16)17(14-18)10-9-15-5-4-8-19(13-15)25(22,23)24/h1-14H,(H,22,23,24). The zero-order valence-corrected chi connectivity index (χ0v) is 14.7. The average Bonchev–Trinajstić information content (AvgIpc) is 2.60. The van der Waals surface area contributed by atoms with Gasteiger partial charge in [-0.1, -0.05) is 72.3 Å². The van der Waals surface area contributed by atoms with E-state index in [1.807, 2.05) is 54.6 Å². The third-order valence-electron chi connectivity index (χ3n) is 3.71. The molecule has 0 saturated heterocycles. The summed E-state index contributed by atoms with van der Waals surface area (Å²) in [6.45, 7) is 0. The van der Waals surface area contributed by atoms with Gasteiger partial charge in [0.15, 0.2) is 0 Å². The quantitative estimate of drug-likeness (QED) is 0.492. The molecule has 0 aromatic heterocycles. The summed E-state index contributed by atoms with van der Waals surface area (Å²) in [5.41, 5.74) is 3.66. The van der Waals surface area contributed by atoms with Crippen molar-refractivity contribution in [3.8, 4) is 11.1 Å². The maximum absolute atomic E-state index is 11.3. The predicted molar refractivity (Wildman–Crippen MR) is 102 cm³/mol. The summed E-state index contributed by atoms with van der Waals surface area (Å²) in [6, 6.07) is 21.7. The van der Waals surface area contributed by atoms with Crippen molar-refractivity contribution in [1.82, 2.24) is 0 Å². The summed E-state index contributed by atoms with van der Waals surface area (Å²) >= 11 is 6.12. The van der Waals surface area contributed by atoms with Crippen LogP contribution < -0.4 is 0 Å². The third-order valence-corrected chi connectivity index (χ3v) is 4.79. The Morgan fingerprint density at radius 3 is 2.32 bits per heavy atom. The van der Waals surface area contributed by atoms with Gasteiger partial charge in [-0.3, -0.25) is 4.55 Å². The normalized spacial score (nSPS) is 11.8. The van der Waals surface area contributed by atoms with Crippen LogP contribution in [0.5, 0.6) is 0 Å². The van der Waals surface area contributed by atoms with Crippen molar-refractivity contribution in [1.29, 1.82) is 0 Å². The lowest BCUT2D eigenvalue weighted by Crippen LogP contribution is -1.97. The van der Waals surface area contributed by atoms with Crippen LogP contribution in [-0.2, 0) is 10.1 Å². The fourth-order valence-corrected chi connectivity index (χ4v) is 3.23. The molecule has 0 aliphatic heterocycles. The molecule has 0 atom stereocenters. The molecule has 5 heteroatoms. The first-order chi connectivity index (χ1) is 11.9. The van der Waals surface area contributed by atoms with Crippen LogP contribution in [0.3, 0.4) is 0 Å². The second-order valence-corrected chi connectivity index (χ2v) is 7.34. The molecule has 0 heterocycles. The highest BCUT2D eigenvalue weighted by Gasteiger charge is 2.09. The maximum Gasteiger partial charge on any atom is 0.294 e. The van der Waals surface area contributed by atoms with Gasteiger partial charge in [0.25, 0.3) is 10.1 Å². The number of hydrogen-bond acceptors (Lipinski definition) is 2. The molecule has 0 amide bonds. The molecular formula is C20H15ClO3S. The van der Waals surface area contributed by atoms with Gasteiger partial charge in [0.05, 0.1) is 4.90 Å². The molecule has 0 saturated carbocycles. The molecule has 3 aromatic rings. The number of benzene rings is 3. The van der Waals surface area contributed by atoms with Gasteiger partial charge in [-0.25, -0.2) is 0 Å². The Labute approximate surface area is 152 Å². The molecule has 0 unspecified atom stereocenters. The third kappa shape index (κ3) is 4.37. The minimum Gasteiger partial charge on any atom is -0.282 e. The number of hydrogen-bond donors (Lipinski definition) is 1. The molecule has 0 spiro atoms. The summed E-state index contributed by atoms with van der Waals surface area (Å²) in [7, 11) is -4.22. The predicted octanol–water partition coefficient (Wildman–Crippen LogP) is 5.42. The molecule has 3 aromatic carbocycles. The Morgan fingerprint density at radius 2 is 1.60 bits per heavy atom. The summed E-state index contributed by atoms with van der Waals surface area (Å²) in [6.07, 6.45) is 3.66. The van der Waals surface area contributed by atoms with Gasteiger partial charge < -0.3 is 0 Å². The van der Waals surface area contributed by atoms with Gasteiger partial charge in [0, 0.05) is 5.02 Å². The summed E-state index contributed by atoms with van der Waals surface area (Å²) < 4.78 is 31.7. The number of rotatable bonds is 4. The van der Waals surface area contributed by atoms with Gasteiger partial charge in [-0.05, 0) is 46.5 Å². The molecule has 0 fully saturated rings. The smallest absolute Gasteiger partial charge is 0.282 e. The fraction of sp³-hybridized carbons (Fsp3) is 0. The van der Waals surface area contributed by atoms with Gasteiger partial charge in [0.1, 0.15) is 0 Å². The minimum absolute atomic E-state index is 0.135. The summed E-state index contributed by atoms with van der Waals surface area (Å²) in [5, 5.41) is 0.617. The SMILES string of the molecule is O=S(=O)(O)c1cccc(C=Cc2cc(Cl)ccc2-c2ccccc2)c1. The molecule has 0 radical (unpaired) electrons. The highest BCUT2D eigenvalue weighted by molar-refractivity contribution is 7.85. The lowest BCUT2D eigenvalue weighted by atomic mass is 9.99. The Balaban J connectivity index is 2.01.